The number of benzene rings is 1. The molecule has 1 aromatic rings. The summed E-state index contributed by atoms with van der Waals surface area (Å²) >= 11 is 1.42. The number of ether oxygens (including phenoxy) is 1. The number of carbonyl (C=O) groups excluding carboxylic acids is 2. The molecule has 1 amide bonds. The minimum atomic E-state index is -0.667. The largest absolute Gasteiger partial charge is 0.348 e. The number of fused-ring (bicyclic) bond motifs is 2. The number of nitriles is 1. The van der Waals surface area contributed by atoms with Crippen LogP contribution in [-0.4, -0.2) is 102 Å². The van der Waals surface area contributed by atoms with Crippen molar-refractivity contribution >= 4 is 23.5 Å². The Morgan fingerprint density at radius 3 is 2.88 bits per heavy atom. The molecule has 9 nitrogen and oxygen atoms in total. The van der Waals surface area contributed by atoms with E-state index in [0.717, 1.165) is 31.4 Å². The van der Waals surface area contributed by atoms with Crippen molar-refractivity contribution in [1.82, 2.24) is 25.3 Å². The molecule has 11 heteroatoms. The van der Waals surface area contributed by atoms with Gasteiger partial charge in [0.2, 0.25) is 5.91 Å². The molecular weight excluding hydrogens is 555 g/mol. The molecule has 6 rings (SSSR count). The first-order valence-electron chi connectivity index (χ1n) is 15.2. The predicted octanol–water partition coefficient (Wildman–Crippen LogP) is 2.48. The van der Waals surface area contributed by atoms with Crippen LogP contribution in [0, 0.1) is 23.1 Å². The Bertz CT molecular complexity index is 1260. The van der Waals surface area contributed by atoms with Gasteiger partial charge < -0.3 is 14.5 Å². The van der Waals surface area contributed by atoms with Gasteiger partial charge in [0.15, 0.2) is 12.1 Å². The highest BCUT2D eigenvalue weighted by atomic mass is 32.2. The molecule has 3 saturated heterocycles. The highest BCUT2D eigenvalue weighted by Crippen LogP contribution is 2.52. The Balaban J connectivity index is 1.25. The number of rotatable bonds is 6. The van der Waals surface area contributed by atoms with Crippen LogP contribution in [0.25, 0.3) is 0 Å². The van der Waals surface area contributed by atoms with Crippen LogP contribution in [0.1, 0.15) is 44.1 Å². The summed E-state index contributed by atoms with van der Waals surface area (Å²) in [6.45, 7) is 6.88. The lowest BCUT2D eigenvalue weighted by Crippen LogP contribution is -2.75. The van der Waals surface area contributed by atoms with Gasteiger partial charge in [-0.05, 0) is 69.8 Å². The van der Waals surface area contributed by atoms with E-state index in [2.05, 4.69) is 40.1 Å². The number of Topliss-reactive ketones (excluding diaryl/α,β-unsaturated/α-hetero) is 1. The number of halogens is 1. The number of nitrogens with one attached hydrogen (secondary N) is 2. The zero-order chi connectivity index (χ0) is 29.4. The van der Waals surface area contributed by atoms with Crippen LogP contribution >= 0.6 is 11.8 Å². The van der Waals surface area contributed by atoms with Gasteiger partial charge in [-0.2, -0.15) is 5.26 Å². The van der Waals surface area contributed by atoms with Crippen LogP contribution in [0.3, 0.4) is 0 Å². The molecule has 1 aromatic carbocycles. The quantitative estimate of drug-likeness (QED) is 0.480. The first kappa shape index (κ1) is 29.7. The fourth-order valence-corrected chi connectivity index (χ4v) is 9.19. The molecule has 226 valence electrons. The number of hydrogen-bond acceptors (Lipinski definition) is 9. The van der Waals surface area contributed by atoms with Gasteiger partial charge in [-0.1, -0.05) is 18.7 Å². The number of piperazine rings is 1. The van der Waals surface area contributed by atoms with E-state index in [0.29, 0.717) is 56.4 Å². The summed E-state index contributed by atoms with van der Waals surface area (Å²) in [6, 6.07) is 7.07. The summed E-state index contributed by atoms with van der Waals surface area (Å²) in [5.74, 6) is -0.307. The summed E-state index contributed by atoms with van der Waals surface area (Å²) in [7, 11) is 2.12. The summed E-state index contributed by atoms with van der Waals surface area (Å²) in [4.78, 5) is 34.0. The van der Waals surface area contributed by atoms with Crippen LogP contribution in [0.2, 0.25) is 0 Å². The van der Waals surface area contributed by atoms with Crippen molar-refractivity contribution in [2.24, 2.45) is 5.92 Å². The maximum absolute atomic E-state index is 14.9. The van der Waals surface area contributed by atoms with Crippen molar-refractivity contribution in [3.8, 4) is 6.07 Å². The zero-order valence-corrected chi connectivity index (χ0v) is 25.1. The topological polar surface area (TPSA) is 101 Å². The van der Waals surface area contributed by atoms with Crippen LogP contribution in [0.15, 0.2) is 35.7 Å². The van der Waals surface area contributed by atoms with E-state index in [9.17, 15) is 19.2 Å². The van der Waals surface area contributed by atoms with Crippen LogP contribution in [0.4, 0.5) is 4.39 Å². The third-order valence-electron chi connectivity index (χ3n) is 10.1. The molecule has 7 atom stereocenters. The monoisotopic (exact) mass is 596 g/mol. The molecule has 4 fully saturated rings. The van der Waals surface area contributed by atoms with Crippen molar-refractivity contribution < 1.29 is 18.7 Å². The number of nitrogens with zero attached hydrogens (tertiary/aromatic N) is 4. The smallest absolute Gasteiger partial charge is 0.246 e. The highest BCUT2D eigenvalue weighted by molar-refractivity contribution is 8.01. The summed E-state index contributed by atoms with van der Waals surface area (Å²) in [5, 5.41) is 16.7. The van der Waals surface area contributed by atoms with E-state index in [1.165, 1.54) is 23.9 Å². The molecule has 1 aliphatic carbocycles. The van der Waals surface area contributed by atoms with E-state index >= 15 is 0 Å². The standard InChI is InChI=1S/C31H41FN6O3S/c1-3-25(39)38-17-16-37(18-21(38)11-14-33)29-23-10-13-31(12-9-20-6-4-8-24(32)27(20)42-31)28(40)26(23)34-30(35-29)41-19-22-7-5-15-36(22)2/h3-4,6,8,21-23,26,29-30,34-35H,1,5,7,9-13,15-19H2,2H3/t21?,22?,23?,26?,29?,30?,31-/m1/s1. The van der Waals surface area contributed by atoms with Gasteiger partial charge >= 0.3 is 0 Å². The fraction of sp³-hybridized carbons (Fsp3) is 0.645. The molecule has 4 heterocycles. The predicted molar refractivity (Wildman–Crippen MR) is 158 cm³/mol. The number of carbonyl (C=O) groups is 2. The molecule has 1 saturated carbocycles. The van der Waals surface area contributed by atoms with Crippen LogP contribution in [0.5, 0.6) is 0 Å². The van der Waals surface area contributed by atoms with Gasteiger partial charge in [0.25, 0.3) is 0 Å². The van der Waals surface area contributed by atoms with Gasteiger partial charge in [-0.15, -0.1) is 11.8 Å². The van der Waals surface area contributed by atoms with Gasteiger partial charge in [-0.3, -0.25) is 25.1 Å². The number of likely N-dealkylation sites (tertiary alicyclic amines) is 1. The number of amides is 1. The first-order chi connectivity index (χ1) is 20.3. The lowest BCUT2D eigenvalue weighted by Gasteiger charge is -2.55. The maximum atomic E-state index is 14.9. The van der Waals surface area contributed by atoms with Crippen molar-refractivity contribution in [2.75, 3.05) is 39.8 Å². The Morgan fingerprint density at radius 1 is 1.26 bits per heavy atom. The molecule has 1 spiro atoms. The van der Waals surface area contributed by atoms with Crippen LogP contribution in [-0.2, 0) is 20.7 Å². The summed E-state index contributed by atoms with van der Waals surface area (Å²) in [5.41, 5.74) is 0.981. The average Bonchev–Trinajstić information content (AvgIpc) is 3.42. The van der Waals surface area contributed by atoms with Crippen molar-refractivity contribution in [3.63, 3.8) is 0 Å². The second kappa shape index (κ2) is 12.3. The molecular formula is C31H41FN6O3S. The zero-order valence-electron chi connectivity index (χ0n) is 24.3. The second-order valence-electron chi connectivity index (χ2n) is 12.4. The van der Waals surface area contributed by atoms with Crippen molar-refractivity contribution in [2.45, 2.75) is 85.2 Å². The summed E-state index contributed by atoms with van der Waals surface area (Å²) < 4.78 is 20.6. The highest BCUT2D eigenvalue weighted by Gasteiger charge is 2.56. The summed E-state index contributed by atoms with van der Waals surface area (Å²) in [6.07, 6.45) is 5.94. The van der Waals surface area contributed by atoms with Crippen molar-refractivity contribution in [3.05, 3.63) is 42.2 Å². The normalized spacial score (nSPS) is 35.5. The Labute approximate surface area is 251 Å². The van der Waals surface area contributed by atoms with E-state index in [1.54, 1.807) is 11.0 Å². The van der Waals surface area contributed by atoms with E-state index < -0.39 is 17.1 Å². The van der Waals surface area contributed by atoms with Gasteiger partial charge in [0, 0.05) is 36.5 Å². The van der Waals surface area contributed by atoms with Crippen LogP contribution < -0.4 is 10.6 Å². The molecule has 0 bridgehead atoms. The first-order valence-corrected chi connectivity index (χ1v) is 16.0. The SMILES string of the molecule is C=CC(=O)N1CCN(C2NC(OCC3CCCN3C)NC3C(=O)[C@@]4(CCc5cccc(F)c5S4)CCC32)CC1CC#N. The second-order valence-corrected chi connectivity index (χ2v) is 13.8. The van der Waals surface area contributed by atoms with Crippen molar-refractivity contribution in [1.29, 1.82) is 5.26 Å². The minimum Gasteiger partial charge on any atom is -0.348 e. The molecule has 42 heavy (non-hydrogen) atoms. The van der Waals surface area contributed by atoms with E-state index in [-0.39, 0.29) is 42.1 Å². The van der Waals surface area contributed by atoms with Gasteiger partial charge in [0.1, 0.15) is 5.82 Å². The molecule has 0 aromatic heterocycles. The third kappa shape index (κ3) is 5.53. The van der Waals surface area contributed by atoms with Gasteiger partial charge in [0.05, 0.1) is 42.1 Å². The maximum Gasteiger partial charge on any atom is 0.246 e. The number of hydrogen-bond donors (Lipinski definition) is 2. The Morgan fingerprint density at radius 2 is 2.12 bits per heavy atom. The average molecular weight is 597 g/mol. The molecule has 6 unspecified atom stereocenters. The number of thioether (sulfide) groups is 1. The van der Waals surface area contributed by atoms with Gasteiger partial charge in [-0.25, -0.2) is 4.39 Å². The number of ketones is 1. The molecule has 4 aliphatic heterocycles. The number of aryl methyl sites for hydroxylation is 1. The lowest BCUT2D eigenvalue weighted by molar-refractivity contribution is -0.145. The number of likely N-dealkylation sites (N-methyl/N-ethyl adjacent to an activating group) is 1. The minimum absolute atomic E-state index is 0.0239. The Kier molecular flexibility index (Phi) is 8.74. The van der Waals surface area contributed by atoms with E-state index in [1.807, 2.05) is 6.07 Å². The molecule has 0 radical (unpaired) electrons. The third-order valence-corrected chi connectivity index (χ3v) is 11.7. The Hall–Kier alpha value is -2.33. The van der Waals surface area contributed by atoms with E-state index in [4.69, 9.17) is 4.74 Å². The molecule has 2 N–H and O–H groups in total. The molecule has 5 aliphatic rings. The lowest BCUT2D eigenvalue weighted by atomic mass is 9.72. The fourth-order valence-electron chi connectivity index (χ4n) is 7.68.